The maximum absolute atomic E-state index is 11.9. The molecule has 5 heteroatoms. The van der Waals surface area contributed by atoms with Crippen LogP contribution in [-0.4, -0.2) is 50.2 Å². The van der Waals surface area contributed by atoms with E-state index >= 15 is 0 Å². The van der Waals surface area contributed by atoms with Crippen molar-refractivity contribution >= 4 is 5.91 Å². The average molecular weight is 354 g/mol. The van der Waals surface area contributed by atoms with Crippen LogP contribution in [0.5, 0.6) is 5.75 Å². The molecule has 3 rings (SSSR count). The Kier molecular flexibility index (Phi) is 6.63. The van der Waals surface area contributed by atoms with Gasteiger partial charge in [-0.25, -0.2) is 0 Å². The first-order valence-electron chi connectivity index (χ1n) is 9.06. The number of nitrogens with one attached hydrogen (secondary N) is 1. The molecular weight excluding hydrogens is 328 g/mol. The highest BCUT2D eigenvalue weighted by Crippen LogP contribution is 2.21. The molecule has 138 valence electrons. The molecule has 0 bridgehead atoms. The van der Waals surface area contributed by atoms with Crippen molar-refractivity contribution in [2.75, 3.05) is 39.4 Å². The highest BCUT2D eigenvalue weighted by molar-refractivity contribution is 5.77. The van der Waals surface area contributed by atoms with Gasteiger partial charge in [-0.05, 0) is 30.2 Å². The van der Waals surface area contributed by atoms with E-state index in [9.17, 15) is 4.79 Å². The van der Waals surface area contributed by atoms with Crippen LogP contribution in [0.4, 0.5) is 0 Å². The Balaban J connectivity index is 1.37. The predicted molar refractivity (Wildman–Crippen MR) is 101 cm³/mol. The number of amides is 1. The number of morpholine rings is 1. The monoisotopic (exact) mass is 354 g/mol. The molecular formula is C21H26N2O3. The van der Waals surface area contributed by atoms with Crippen LogP contribution in [-0.2, 0) is 9.53 Å². The fraction of sp³-hybridized carbons (Fsp3) is 0.381. The molecule has 2 aromatic rings. The van der Waals surface area contributed by atoms with Gasteiger partial charge in [0.25, 0.3) is 5.91 Å². The lowest BCUT2D eigenvalue weighted by molar-refractivity contribution is -0.123. The third-order valence-electron chi connectivity index (χ3n) is 4.43. The number of hydrogen-bond acceptors (Lipinski definition) is 4. The van der Waals surface area contributed by atoms with Crippen molar-refractivity contribution in [2.45, 2.75) is 13.0 Å². The fourth-order valence-electron chi connectivity index (χ4n) is 3.03. The normalized spacial score (nSPS) is 17.7. The van der Waals surface area contributed by atoms with Crippen LogP contribution in [0, 0.1) is 6.92 Å². The molecule has 0 spiro atoms. The lowest BCUT2D eigenvalue weighted by Gasteiger charge is -2.33. The fourth-order valence-corrected chi connectivity index (χ4v) is 3.03. The molecule has 0 aromatic heterocycles. The van der Waals surface area contributed by atoms with E-state index in [2.05, 4.69) is 22.3 Å². The third-order valence-corrected chi connectivity index (χ3v) is 4.43. The smallest absolute Gasteiger partial charge is 0.257 e. The lowest BCUT2D eigenvalue weighted by Crippen LogP contribution is -2.43. The van der Waals surface area contributed by atoms with Crippen molar-refractivity contribution in [3.8, 4) is 5.75 Å². The van der Waals surface area contributed by atoms with Gasteiger partial charge in [0.05, 0.1) is 12.7 Å². The number of nitrogens with zero attached hydrogens (tertiary/aromatic N) is 1. The summed E-state index contributed by atoms with van der Waals surface area (Å²) in [6.07, 6.45) is 0.102. The van der Waals surface area contributed by atoms with Gasteiger partial charge in [-0.15, -0.1) is 0 Å². The molecule has 1 heterocycles. The van der Waals surface area contributed by atoms with Gasteiger partial charge >= 0.3 is 0 Å². The minimum absolute atomic E-state index is 0.0409. The Morgan fingerprint density at radius 3 is 2.88 bits per heavy atom. The summed E-state index contributed by atoms with van der Waals surface area (Å²) < 4.78 is 11.4. The van der Waals surface area contributed by atoms with Gasteiger partial charge in [0.1, 0.15) is 5.75 Å². The molecule has 5 nitrogen and oxygen atoms in total. The number of rotatable bonds is 7. The average Bonchev–Trinajstić information content (AvgIpc) is 2.67. The Labute approximate surface area is 154 Å². The molecule has 1 saturated heterocycles. The van der Waals surface area contributed by atoms with Gasteiger partial charge in [-0.2, -0.15) is 0 Å². The van der Waals surface area contributed by atoms with E-state index in [0.717, 1.165) is 30.9 Å². The highest BCUT2D eigenvalue weighted by Gasteiger charge is 2.21. The zero-order chi connectivity index (χ0) is 18.2. The first-order valence-corrected chi connectivity index (χ1v) is 9.06. The van der Waals surface area contributed by atoms with Gasteiger partial charge < -0.3 is 14.8 Å². The molecule has 1 aliphatic heterocycles. The Hall–Kier alpha value is -2.37. The van der Waals surface area contributed by atoms with Gasteiger partial charge in [-0.1, -0.05) is 42.5 Å². The summed E-state index contributed by atoms with van der Waals surface area (Å²) >= 11 is 0. The molecule has 1 atom stereocenters. The van der Waals surface area contributed by atoms with Crippen molar-refractivity contribution in [3.05, 3.63) is 65.7 Å². The molecule has 1 unspecified atom stereocenters. The summed E-state index contributed by atoms with van der Waals surface area (Å²) in [4.78, 5) is 14.3. The second-order valence-electron chi connectivity index (χ2n) is 6.53. The number of ether oxygens (including phenoxy) is 2. The number of carbonyl (C=O) groups is 1. The summed E-state index contributed by atoms with van der Waals surface area (Å²) in [5.74, 6) is 0.624. The quantitative estimate of drug-likeness (QED) is 0.830. The van der Waals surface area contributed by atoms with E-state index in [1.54, 1.807) is 0 Å². The maximum atomic E-state index is 11.9. The Morgan fingerprint density at radius 1 is 1.23 bits per heavy atom. The molecule has 0 radical (unpaired) electrons. The van der Waals surface area contributed by atoms with Crippen LogP contribution < -0.4 is 10.1 Å². The molecule has 1 amide bonds. The van der Waals surface area contributed by atoms with E-state index < -0.39 is 0 Å². The van der Waals surface area contributed by atoms with Crippen LogP contribution in [0.25, 0.3) is 0 Å². The molecule has 0 saturated carbocycles. The number of carbonyl (C=O) groups excluding carboxylic acids is 1. The third kappa shape index (κ3) is 5.58. The Bertz CT molecular complexity index is 705. The van der Waals surface area contributed by atoms with Gasteiger partial charge in [0, 0.05) is 26.2 Å². The van der Waals surface area contributed by atoms with Gasteiger partial charge in [-0.3, -0.25) is 9.69 Å². The summed E-state index contributed by atoms with van der Waals surface area (Å²) in [7, 11) is 0. The van der Waals surface area contributed by atoms with Crippen molar-refractivity contribution in [3.63, 3.8) is 0 Å². The SMILES string of the molecule is Cc1cccc(OCC(=O)NCCN2CCOC(c3ccccc3)C2)c1. The topological polar surface area (TPSA) is 50.8 Å². The van der Waals surface area contributed by atoms with Crippen molar-refractivity contribution in [2.24, 2.45) is 0 Å². The van der Waals surface area contributed by atoms with Crippen molar-refractivity contribution < 1.29 is 14.3 Å². The summed E-state index contributed by atoms with van der Waals surface area (Å²) in [6, 6.07) is 18.0. The molecule has 1 N–H and O–H groups in total. The predicted octanol–water partition coefficient (Wildman–Crippen LogP) is 2.56. The minimum Gasteiger partial charge on any atom is -0.484 e. The summed E-state index contributed by atoms with van der Waals surface area (Å²) in [5, 5.41) is 2.92. The van der Waals surface area contributed by atoms with Crippen molar-refractivity contribution in [1.82, 2.24) is 10.2 Å². The van der Waals surface area contributed by atoms with Crippen LogP contribution >= 0.6 is 0 Å². The van der Waals surface area contributed by atoms with Gasteiger partial charge in [0.2, 0.25) is 0 Å². The number of benzene rings is 2. The molecule has 0 aliphatic carbocycles. The van der Waals surface area contributed by atoms with Crippen molar-refractivity contribution in [1.29, 1.82) is 0 Å². The van der Waals surface area contributed by atoms with E-state index in [4.69, 9.17) is 9.47 Å². The van der Waals surface area contributed by atoms with Crippen LogP contribution in [0.2, 0.25) is 0 Å². The molecule has 26 heavy (non-hydrogen) atoms. The molecule has 2 aromatic carbocycles. The minimum atomic E-state index is -0.0978. The highest BCUT2D eigenvalue weighted by atomic mass is 16.5. The van der Waals surface area contributed by atoms with Gasteiger partial charge in [0.15, 0.2) is 6.61 Å². The molecule has 1 fully saturated rings. The van der Waals surface area contributed by atoms with E-state index in [1.807, 2.05) is 49.4 Å². The summed E-state index contributed by atoms with van der Waals surface area (Å²) in [5.41, 5.74) is 2.32. The molecule has 1 aliphatic rings. The zero-order valence-electron chi connectivity index (χ0n) is 15.2. The van der Waals surface area contributed by atoms with E-state index in [-0.39, 0.29) is 18.6 Å². The van der Waals surface area contributed by atoms with Crippen LogP contribution in [0.1, 0.15) is 17.2 Å². The number of hydrogen-bond donors (Lipinski definition) is 1. The number of aryl methyl sites for hydroxylation is 1. The largest absolute Gasteiger partial charge is 0.484 e. The first-order chi connectivity index (χ1) is 12.7. The first kappa shape index (κ1) is 18.4. The summed E-state index contributed by atoms with van der Waals surface area (Å²) in [6.45, 7) is 5.90. The van der Waals surface area contributed by atoms with Crippen LogP contribution in [0.15, 0.2) is 54.6 Å². The maximum Gasteiger partial charge on any atom is 0.257 e. The standard InChI is InChI=1S/C21H26N2O3/c1-17-6-5-9-19(14-17)26-16-21(24)22-10-11-23-12-13-25-20(15-23)18-7-3-2-4-8-18/h2-9,14,20H,10-13,15-16H2,1H3,(H,22,24). The Morgan fingerprint density at radius 2 is 2.08 bits per heavy atom. The van der Waals surface area contributed by atoms with E-state index in [0.29, 0.717) is 13.2 Å². The second-order valence-corrected chi connectivity index (χ2v) is 6.53. The van der Waals surface area contributed by atoms with E-state index in [1.165, 1.54) is 5.56 Å². The lowest BCUT2D eigenvalue weighted by atomic mass is 10.1. The second kappa shape index (κ2) is 9.36. The zero-order valence-corrected chi connectivity index (χ0v) is 15.2. The van der Waals surface area contributed by atoms with Crippen LogP contribution in [0.3, 0.4) is 0 Å².